The van der Waals surface area contributed by atoms with Crippen LogP contribution in [-0.4, -0.2) is 36.1 Å². The number of amides is 1. The number of hydrogen-bond acceptors (Lipinski definition) is 5. The Morgan fingerprint density at radius 1 is 1.26 bits per heavy atom. The molecule has 1 amide bonds. The van der Waals surface area contributed by atoms with Crippen LogP contribution in [0.1, 0.15) is 21.7 Å². The Kier molecular flexibility index (Phi) is 5.99. The molecule has 6 nitrogen and oxygen atoms in total. The van der Waals surface area contributed by atoms with E-state index in [0.29, 0.717) is 31.3 Å². The molecule has 2 N–H and O–H groups in total. The molecule has 122 valence electrons. The number of carbonyl (C=O) groups excluding carboxylic acids is 1. The molecular weight excluding hydrogens is 299 g/mol. The predicted molar refractivity (Wildman–Crippen MR) is 84.7 cm³/mol. The average molecular weight is 318 g/mol. The molecule has 0 atom stereocenters. The maximum atomic E-state index is 12.9. The van der Waals surface area contributed by atoms with E-state index in [0.717, 1.165) is 5.56 Å². The van der Waals surface area contributed by atoms with Crippen molar-refractivity contribution < 1.29 is 13.9 Å². The van der Waals surface area contributed by atoms with E-state index in [1.54, 1.807) is 32.2 Å². The lowest BCUT2D eigenvalue weighted by Crippen LogP contribution is -2.28. The highest BCUT2D eigenvalue weighted by Crippen LogP contribution is 2.08. The fourth-order valence-corrected chi connectivity index (χ4v) is 1.90. The molecule has 23 heavy (non-hydrogen) atoms. The zero-order valence-corrected chi connectivity index (χ0v) is 13.1. The normalized spacial score (nSPS) is 10.4. The Balaban J connectivity index is 2.01. The quantitative estimate of drug-likeness (QED) is 0.763. The van der Waals surface area contributed by atoms with Gasteiger partial charge in [0.2, 0.25) is 5.95 Å². The molecule has 0 aliphatic rings. The Morgan fingerprint density at radius 3 is 2.70 bits per heavy atom. The standard InChI is InChI=1S/C16H19FN4O2/c1-11-9-14(15(22)18-7-8-23-2)21-16(20-11)19-10-12-3-5-13(17)6-4-12/h3-6,9H,7-8,10H2,1-2H3,(H,18,22)(H,19,20,21). The summed E-state index contributed by atoms with van der Waals surface area (Å²) in [5.41, 5.74) is 1.86. The summed E-state index contributed by atoms with van der Waals surface area (Å²) in [5, 5.41) is 5.75. The van der Waals surface area contributed by atoms with Gasteiger partial charge < -0.3 is 15.4 Å². The molecule has 2 rings (SSSR count). The summed E-state index contributed by atoms with van der Waals surface area (Å²) in [5.74, 6) is -0.209. The largest absolute Gasteiger partial charge is 0.383 e. The lowest BCUT2D eigenvalue weighted by Gasteiger charge is -2.09. The van der Waals surface area contributed by atoms with E-state index in [1.165, 1.54) is 12.1 Å². The highest BCUT2D eigenvalue weighted by atomic mass is 19.1. The van der Waals surface area contributed by atoms with Crippen LogP contribution >= 0.6 is 0 Å². The van der Waals surface area contributed by atoms with E-state index in [-0.39, 0.29) is 17.4 Å². The molecule has 0 spiro atoms. The van der Waals surface area contributed by atoms with Crippen molar-refractivity contribution >= 4 is 11.9 Å². The molecule has 0 saturated heterocycles. The fraction of sp³-hybridized carbons (Fsp3) is 0.312. The summed E-state index contributed by atoms with van der Waals surface area (Å²) < 4.78 is 17.8. The zero-order chi connectivity index (χ0) is 16.7. The van der Waals surface area contributed by atoms with Gasteiger partial charge >= 0.3 is 0 Å². The van der Waals surface area contributed by atoms with Gasteiger partial charge in [0.1, 0.15) is 11.5 Å². The van der Waals surface area contributed by atoms with Gasteiger partial charge in [-0.15, -0.1) is 0 Å². The van der Waals surface area contributed by atoms with E-state index in [9.17, 15) is 9.18 Å². The second kappa shape index (κ2) is 8.19. The molecule has 0 fully saturated rings. The molecule has 0 aliphatic heterocycles. The second-order valence-corrected chi connectivity index (χ2v) is 4.95. The number of hydrogen-bond donors (Lipinski definition) is 2. The minimum absolute atomic E-state index is 0.280. The summed E-state index contributed by atoms with van der Waals surface area (Å²) in [6.45, 7) is 3.08. The number of nitrogens with zero attached hydrogens (tertiary/aromatic N) is 2. The number of rotatable bonds is 7. The molecule has 1 aromatic carbocycles. The van der Waals surface area contributed by atoms with E-state index in [2.05, 4.69) is 20.6 Å². The monoisotopic (exact) mass is 318 g/mol. The Morgan fingerprint density at radius 2 is 2.00 bits per heavy atom. The van der Waals surface area contributed by atoms with Crippen molar-refractivity contribution in [2.75, 3.05) is 25.6 Å². The highest BCUT2D eigenvalue weighted by Gasteiger charge is 2.10. The van der Waals surface area contributed by atoms with Crippen LogP contribution in [0.5, 0.6) is 0 Å². The van der Waals surface area contributed by atoms with Crippen molar-refractivity contribution in [3.05, 3.63) is 53.1 Å². The first-order valence-corrected chi connectivity index (χ1v) is 7.19. The number of aromatic nitrogens is 2. The number of nitrogens with one attached hydrogen (secondary N) is 2. The minimum Gasteiger partial charge on any atom is -0.383 e. The SMILES string of the molecule is COCCNC(=O)c1cc(C)nc(NCc2ccc(F)cc2)n1. The van der Waals surface area contributed by atoms with Gasteiger partial charge in [-0.3, -0.25) is 4.79 Å². The summed E-state index contributed by atoms with van der Waals surface area (Å²) in [4.78, 5) is 20.4. The molecule has 0 saturated carbocycles. The third-order valence-corrected chi connectivity index (χ3v) is 3.04. The summed E-state index contributed by atoms with van der Waals surface area (Å²) in [7, 11) is 1.57. The van der Waals surface area contributed by atoms with Crippen molar-refractivity contribution in [1.82, 2.24) is 15.3 Å². The number of carbonyl (C=O) groups is 1. The van der Waals surface area contributed by atoms with Gasteiger partial charge in [-0.2, -0.15) is 0 Å². The number of anilines is 1. The Bertz CT molecular complexity index is 662. The summed E-state index contributed by atoms with van der Waals surface area (Å²) in [6.07, 6.45) is 0. The van der Waals surface area contributed by atoms with Crippen LogP contribution in [0.3, 0.4) is 0 Å². The molecule has 1 aromatic heterocycles. The highest BCUT2D eigenvalue weighted by molar-refractivity contribution is 5.92. The summed E-state index contributed by atoms with van der Waals surface area (Å²) >= 11 is 0. The van der Waals surface area contributed by atoms with E-state index < -0.39 is 0 Å². The van der Waals surface area contributed by atoms with Gasteiger partial charge in [0.05, 0.1) is 6.61 Å². The van der Waals surface area contributed by atoms with Crippen molar-refractivity contribution in [2.24, 2.45) is 0 Å². The Hall–Kier alpha value is -2.54. The maximum absolute atomic E-state index is 12.9. The van der Waals surface area contributed by atoms with Crippen molar-refractivity contribution in [3.8, 4) is 0 Å². The van der Waals surface area contributed by atoms with Crippen molar-refractivity contribution in [3.63, 3.8) is 0 Å². The van der Waals surface area contributed by atoms with Crippen molar-refractivity contribution in [1.29, 1.82) is 0 Å². The minimum atomic E-state index is -0.282. The number of ether oxygens (including phenoxy) is 1. The summed E-state index contributed by atoms with van der Waals surface area (Å²) in [6, 6.07) is 7.75. The van der Waals surface area contributed by atoms with Crippen LogP contribution in [0.25, 0.3) is 0 Å². The smallest absolute Gasteiger partial charge is 0.270 e. The topological polar surface area (TPSA) is 76.1 Å². The first-order valence-electron chi connectivity index (χ1n) is 7.19. The predicted octanol–water partition coefficient (Wildman–Crippen LogP) is 1.91. The third-order valence-electron chi connectivity index (χ3n) is 3.04. The van der Waals surface area contributed by atoms with Gasteiger partial charge in [0, 0.05) is 25.9 Å². The zero-order valence-electron chi connectivity index (χ0n) is 13.1. The fourth-order valence-electron chi connectivity index (χ4n) is 1.90. The molecule has 0 unspecified atom stereocenters. The Labute approximate surface area is 134 Å². The molecule has 0 aliphatic carbocycles. The van der Waals surface area contributed by atoms with Gasteiger partial charge in [0.25, 0.3) is 5.91 Å². The molecule has 1 heterocycles. The van der Waals surface area contributed by atoms with E-state index >= 15 is 0 Å². The van der Waals surface area contributed by atoms with Crippen molar-refractivity contribution in [2.45, 2.75) is 13.5 Å². The molecule has 2 aromatic rings. The van der Waals surface area contributed by atoms with Crippen LogP contribution in [0, 0.1) is 12.7 Å². The number of halogens is 1. The number of benzene rings is 1. The van der Waals surface area contributed by atoms with Gasteiger partial charge in [-0.05, 0) is 30.7 Å². The molecular formula is C16H19FN4O2. The lowest BCUT2D eigenvalue weighted by molar-refractivity contribution is 0.0932. The van der Waals surface area contributed by atoms with Crippen LogP contribution in [0.4, 0.5) is 10.3 Å². The molecule has 0 bridgehead atoms. The van der Waals surface area contributed by atoms with Crippen LogP contribution in [0.15, 0.2) is 30.3 Å². The van der Waals surface area contributed by atoms with Crippen LogP contribution in [0.2, 0.25) is 0 Å². The third kappa shape index (κ3) is 5.30. The van der Waals surface area contributed by atoms with E-state index in [4.69, 9.17) is 4.74 Å². The number of aryl methyl sites for hydroxylation is 1. The maximum Gasteiger partial charge on any atom is 0.270 e. The molecule has 0 radical (unpaired) electrons. The van der Waals surface area contributed by atoms with E-state index in [1.807, 2.05) is 0 Å². The van der Waals surface area contributed by atoms with Crippen LogP contribution in [-0.2, 0) is 11.3 Å². The van der Waals surface area contributed by atoms with Gasteiger partial charge in [0.15, 0.2) is 0 Å². The lowest BCUT2D eigenvalue weighted by atomic mass is 10.2. The van der Waals surface area contributed by atoms with Gasteiger partial charge in [-0.25, -0.2) is 14.4 Å². The second-order valence-electron chi connectivity index (χ2n) is 4.95. The molecule has 7 heteroatoms. The first kappa shape index (κ1) is 16.8. The number of methoxy groups -OCH3 is 1. The first-order chi connectivity index (χ1) is 11.1. The van der Waals surface area contributed by atoms with Crippen LogP contribution < -0.4 is 10.6 Å². The van der Waals surface area contributed by atoms with Gasteiger partial charge in [-0.1, -0.05) is 12.1 Å². The average Bonchev–Trinajstić information content (AvgIpc) is 2.54.